The van der Waals surface area contributed by atoms with Crippen LogP contribution in [-0.2, 0) is 20.6 Å². The first-order chi connectivity index (χ1) is 16.2. The van der Waals surface area contributed by atoms with Crippen molar-refractivity contribution in [1.29, 1.82) is 0 Å². The number of hydrogen-bond acceptors (Lipinski definition) is 7. The molecule has 13 heteroatoms. The topological polar surface area (TPSA) is 155 Å². The van der Waals surface area contributed by atoms with Crippen molar-refractivity contribution in [3.05, 3.63) is 81.7 Å². The molecule has 0 fully saturated rings. The first kappa shape index (κ1) is 22.4. The van der Waals surface area contributed by atoms with Gasteiger partial charge in [-0.3, -0.25) is 33.7 Å². The molecule has 0 saturated carbocycles. The quantitative estimate of drug-likeness (QED) is 0.314. The fourth-order valence-electron chi connectivity index (χ4n) is 3.28. The van der Waals surface area contributed by atoms with E-state index in [0.29, 0.717) is 17.8 Å². The molecule has 34 heavy (non-hydrogen) atoms. The van der Waals surface area contributed by atoms with Crippen LogP contribution in [0, 0.1) is 17.0 Å². The molecule has 0 saturated heterocycles. The number of carbonyl (C=O) groups is 2. The van der Waals surface area contributed by atoms with E-state index in [9.17, 15) is 19.7 Å². The molecule has 0 radical (unpaired) electrons. The largest absolute Gasteiger partial charge is 0.319 e. The van der Waals surface area contributed by atoms with Gasteiger partial charge in [0.2, 0.25) is 0 Å². The van der Waals surface area contributed by atoms with E-state index in [2.05, 4.69) is 25.9 Å². The Labute approximate surface area is 193 Å². The number of aromatic nitrogens is 6. The summed E-state index contributed by atoms with van der Waals surface area (Å²) in [5, 5.41) is 28.4. The van der Waals surface area contributed by atoms with Gasteiger partial charge in [0.15, 0.2) is 0 Å². The number of aryl methyl sites for hydroxylation is 2. The van der Waals surface area contributed by atoms with Gasteiger partial charge in [0, 0.05) is 19.7 Å². The zero-order valence-corrected chi connectivity index (χ0v) is 18.6. The molecule has 4 rings (SSSR count). The van der Waals surface area contributed by atoms with E-state index < -0.39 is 16.7 Å². The minimum Gasteiger partial charge on any atom is -0.319 e. The summed E-state index contributed by atoms with van der Waals surface area (Å²) in [5.74, 6) is -0.851. The number of carbonyl (C=O) groups excluding carboxylic acids is 2. The summed E-state index contributed by atoms with van der Waals surface area (Å²) < 4.78 is 4.46. The number of benzene rings is 1. The number of hydrogen-bond donors (Lipinski definition) is 2. The van der Waals surface area contributed by atoms with Gasteiger partial charge in [-0.05, 0) is 24.6 Å². The zero-order chi connectivity index (χ0) is 24.4. The zero-order valence-electron chi connectivity index (χ0n) is 18.6. The van der Waals surface area contributed by atoms with Gasteiger partial charge in [0.05, 0.1) is 40.9 Å². The highest BCUT2D eigenvalue weighted by Crippen LogP contribution is 2.20. The molecule has 3 heterocycles. The van der Waals surface area contributed by atoms with Crippen LogP contribution in [0.1, 0.15) is 32.1 Å². The molecule has 13 nitrogen and oxygen atoms in total. The smallest absolute Gasteiger partial charge is 0.307 e. The highest BCUT2D eigenvalue weighted by atomic mass is 16.6. The minimum atomic E-state index is -0.512. The van der Waals surface area contributed by atoms with Gasteiger partial charge in [0.25, 0.3) is 11.8 Å². The average molecular weight is 463 g/mol. The van der Waals surface area contributed by atoms with E-state index in [4.69, 9.17) is 0 Å². The highest BCUT2D eigenvalue weighted by molar-refractivity contribution is 6.11. The van der Waals surface area contributed by atoms with Crippen molar-refractivity contribution in [2.45, 2.75) is 13.5 Å². The van der Waals surface area contributed by atoms with Gasteiger partial charge in [0.1, 0.15) is 18.1 Å². The lowest BCUT2D eigenvalue weighted by Gasteiger charge is -2.09. The summed E-state index contributed by atoms with van der Waals surface area (Å²) in [5.41, 5.74) is 2.88. The predicted octanol–water partition coefficient (Wildman–Crippen LogP) is 2.12. The lowest BCUT2D eigenvalue weighted by Crippen LogP contribution is -2.20. The van der Waals surface area contributed by atoms with Gasteiger partial charge >= 0.3 is 5.69 Å². The standard InChI is InChI=1S/C21H21N9O4/c1-13-17(9-22-27(13)2)25-21(32)19-18(10-23-28(19)3)26-20(31)15-6-4-14(5-7-15)11-29-12-16(8-24-29)30(33)34/h4-10,12H,11H2,1-3H3,(H,25,32)(H,26,31). The van der Waals surface area contributed by atoms with Crippen LogP contribution in [-0.4, -0.2) is 46.1 Å². The lowest BCUT2D eigenvalue weighted by molar-refractivity contribution is -0.385. The Balaban J connectivity index is 1.45. The van der Waals surface area contributed by atoms with Crippen molar-refractivity contribution in [2.75, 3.05) is 10.6 Å². The van der Waals surface area contributed by atoms with Crippen LogP contribution >= 0.6 is 0 Å². The Bertz CT molecular complexity index is 1380. The number of anilines is 2. The van der Waals surface area contributed by atoms with Gasteiger partial charge in [-0.2, -0.15) is 15.3 Å². The molecule has 2 amide bonds. The third kappa shape index (κ3) is 4.53. The Morgan fingerprint density at radius 2 is 1.59 bits per heavy atom. The van der Waals surface area contributed by atoms with Crippen molar-refractivity contribution in [1.82, 2.24) is 29.3 Å². The second kappa shape index (κ2) is 8.97. The van der Waals surface area contributed by atoms with E-state index in [1.165, 1.54) is 28.0 Å². The summed E-state index contributed by atoms with van der Waals surface area (Å²) in [6.07, 6.45) is 5.47. The molecule has 3 aromatic heterocycles. The number of nitro groups is 1. The number of rotatable bonds is 7. The van der Waals surface area contributed by atoms with Crippen molar-refractivity contribution < 1.29 is 14.5 Å². The van der Waals surface area contributed by atoms with E-state index in [-0.39, 0.29) is 17.1 Å². The average Bonchev–Trinajstić information content (AvgIpc) is 3.50. The molecule has 2 N–H and O–H groups in total. The van der Waals surface area contributed by atoms with Gasteiger partial charge in [-0.25, -0.2) is 0 Å². The third-order valence-corrected chi connectivity index (χ3v) is 5.28. The first-order valence-electron chi connectivity index (χ1n) is 10.1. The third-order valence-electron chi connectivity index (χ3n) is 5.28. The summed E-state index contributed by atoms with van der Waals surface area (Å²) >= 11 is 0. The maximum absolute atomic E-state index is 12.8. The van der Waals surface area contributed by atoms with Crippen molar-refractivity contribution in [2.24, 2.45) is 14.1 Å². The predicted molar refractivity (Wildman–Crippen MR) is 121 cm³/mol. The van der Waals surface area contributed by atoms with Crippen LogP contribution in [0.5, 0.6) is 0 Å². The Morgan fingerprint density at radius 3 is 2.21 bits per heavy atom. The van der Waals surface area contributed by atoms with Crippen LogP contribution in [0.15, 0.2) is 49.1 Å². The second-order valence-electron chi connectivity index (χ2n) is 7.56. The van der Waals surface area contributed by atoms with Crippen molar-refractivity contribution in [3.63, 3.8) is 0 Å². The lowest BCUT2D eigenvalue weighted by atomic mass is 10.1. The molecular weight excluding hydrogens is 442 g/mol. The molecule has 0 aliphatic carbocycles. The molecule has 0 aliphatic rings. The van der Waals surface area contributed by atoms with E-state index >= 15 is 0 Å². The Morgan fingerprint density at radius 1 is 0.941 bits per heavy atom. The van der Waals surface area contributed by atoms with Crippen molar-refractivity contribution >= 4 is 28.9 Å². The van der Waals surface area contributed by atoms with Crippen LogP contribution in [0.25, 0.3) is 0 Å². The molecule has 0 bridgehead atoms. The maximum Gasteiger partial charge on any atom is 0.307 e. The summed E-state index contributed by atoms with van der Waals surface area (Å²) in [6, 6.07) is 6.70. The molecule has 4 aromatic rings. The fourth-order valence-corrected chi connectivity index (χ4v) is 3.28. The fraction of sp³-hybridized carbons (Fsp3) is 0.190. The van der Waals surface area contributed by atoms with Crippen LogP contribution in [0.4, 0.5) is 17.1 Å². The van der Waals surface area contributed by atoms with Gasteiger partial charge < -0.3 is 10.6 Å². The SMILES string of the molecule is Cc1c(NC(=O)c2c(NC(=O)c3ccc(Cn4cc([N+](=O)[O-])cn4)cc3)cnn2C)cnn1C. The molecule has 0 unspecified atom stereocenters. The summed E-state index contributed by atoms with van der Waals surface area (Å²) in [6.45, 7) is 2.14. The number of nitrogens with one attached hydrogen (secondary N) is 2. The van der Waals surface area contributed by atoms with Gasteiger partial charge in [-0.1, -0.05) is 12.1 Å². The molecule has 0 atom stereocenters. The minimum absolute atomic E-state index is 0.0917. The molecule has 0 aliphatic heterocycles. The summed E-state index contributed by atoms with van der Waals surface area (Å²) in [7, 11) is 3.37. The molecule has 174 valence electrons. The normalized spacial score (nSPS) is 10.8. The first-order valence-corrected chi connectivity index (χ1v) is 10.1. The number of amides is 2. The van der Waals surface area contributed by atoms with Crippen LogP contribution in [0.2, 0.25) is 0 Å². The van der Waals surface area contributed by atoms with Crippen LogP contribution < -0.4 is 10.6 Å². The maximum atomic E-state index is 12.8. The van der Waals surface area contributed by atoms with E-state index in [1.54, 1.807) is 49.2 Å². The monoisotopic (exact) mass is 463 g/mol. The molecule has 1 aromatic carbocycles. The molecule has 0 spiro atoms. The summed E-state index contributed by atoms with van der Waals surface area (Å²) in [4.78, 5) is 35.9. The van der Waals surface area contributed by atoms with Gasteiger partial charge in [-0.15, -0.1) is 0 Å². The van der Waals surface area contributed by atoms with Crippen molar-refractivity contribution in [3.8, 4) is 0 Å². The highest BCUT2D eigenvalue weighted by Gasteiger charge is 2.21. The molecular formula is C21H21N9O4. The second-order valence-corrected chi connectivity index (χ2v) is 7.56. The Hall–Kier alpha value is -4.81. The van der Waals surface area contributed by atoms with Crippen LogP contribution in [0.3, 0.4) is 0 Å². The van der Waals surface area contributed by atoms with E-state index in [1.807, 2.05) is 6.92 Å². The Kier molecular flexibility index (Phi) is 5.91. The van der Waals surface area contributed by atoms with E-state index in [0.717, 1.165) is 11.3 Å². The number of nitrogens with zero attached hydrogens (tertiary/aromatic N) is 7.